The summed E-state index contributed by atoms with van der Waals surface area (Å²) in [6.45, 7) is 3.53. The first-order valence-electron chi connectivity index (χ1n) is 7.08. The Balaban J connectivity index is 2.33. The highest BCUT2D eigenvalue weighted by atomic mass is 16.6. The van der Waals surface area contributed by atoms with Crippen LogP contribution in [0.4, 0.5) is 11.4 Å². The molecule has 3 N–H and O–H groups in total. The molecule has 1 aromatic carbocycles. The summed E-state index contributed by atoms with van der Waals surface area (Å²) in [4.78, 5) is 12.9. The molecule has 0 amide bonds. The van der Waals surface area contributed by atoms with E-state index in [1.54, 1.807) is 12.1 Å². The molecule has 0 aromatic heterocycles. The minimum absolute atomic E-state index is 0.0136. The molecule has 0 atom stereocenters. The van der Waals surface area contributed by atoms with Gasteiger partial charge in [-0.15, -0.1) is 0 Å². The largest absolute Gasteiger partial charge is 0.409 e. The zero-order chi connectivity index (χ0) is 15.4. The monoisotopic (exact) mass is 292 g/mol. The Morgan fingerprint density at radius 3 is 2.76 bits per heavy atom. The summed E-state index contributed by atoms with van der Waals surface area (Å²) in [5.74, 6) is 0.486. The van der Waals surface area contributed by atoms with Crippen molar-refractivity contribution >= 4 is 17.2 Å². The van der Waals surface area contributed by atoms with Crippen molar-refractivity contribution in [3.63, 3.8) is 0 Å². The van der Waals surface area contributed by atoms with Gasteiger partial charge in [-0.1, -0.05) is 11.6 Å². The molecule has 0 radical (unpaired) electrons. The van der Waals surface area contributed by atoms with E-state index in [0.29, 0.717) is 23.7 Å². The number of hydrogen-bond donors (Lipinski definition) is 2. The Kier molecular flexibility index (Phi) is 4.62. The van der Waals surface area contributed by atoms with Crippen LogP contribution in [0, 0.1) is 16.0 Å². The summed E-state index contributed by atoms with van der Waals surface area (Å²) in [6, 6.07) is 4.67. The Bertz CT molecular complexity index is 555. The topological polar surface area (TPSA) is 105 Å². The van der Waals surface area contributed by atoms with Gasteiger partial charge in [-0.05, 0) is 37.8 Å². The first-order valence-corrected chi connectivity index (χ1v) is 7.08. The van der Waals surface area contributed by atoms with Gasteiger partial charge >= 0.3 is 0 Å². The summed E-state index contributed by atoms with van der Waals surface area (Å²) in [5, 5.41) is 22.9. The predicted octanol–water partition coefficient (Wildman–Crippen LogP) is 2.32. The number of nitrogens with zero attached hydrogens (tertiary/aromatic N) is 3. The molecule has 0 bridgehead atoms. The lowest BCUT2D eigenvalue weighted by atomic mass is 9.85. The standard InChI is InChI=1S/C14H20N4O3/c1-2-17(9-10-4-3-5-10)12-7-6-11(14(15)16-19)8-13(12)18(20)21/h6-8,10,19H,2-5,9H2,1H3,(H2,15,16). The van der Waals surface area contributed by atoms with E-state index in [4.69, 9.17) is 10.9 Å². The van der Waals surface area contributed by atoms with Crippen molar-refractivity contribution in [3.8, 4) is 0 Å². The van der Waals surface area contributed by atoms with Crippen LogP contribution in [0.25, 0.3) is 0 Å². The third-order valence-electron chi connectivity index (χ3n) is 4.00. The van der Waals surface area contributed by atoms with Crippen LogP contribution < -0.4 is 10.6 Å². The van der Waals surface area contributed by atoms with Crippen molar-refractivity contribution in [1.82, 2.24) is 0 Å². The number of benzene rings is 1. The molecule has 1 fully saturated rings. The van der Waals surface area contributed by atoms with Gasteiger partial charge in [0, 0.05) is 24.7 Å². The van der Waals surface area contributed by atoms with Gasteiger partial charge in [-0.3, -0.25) is 10.1 Å². The summed E-state index contributed by atoms with van der Waals surface area (Å²) in [6.07, 6.45) is 3.62. The molecule has 7 heteroatoms. The van der Waals surface area contributed by atoms with E-state index in [-0.39, 0.29) is 11.5 Å². The van der Waals surface area contributed by atoms with Crippen molar-refractivity contribution < 1.29 is 10.1 Å². The van der Waals surface area contributed by atoms with E-state index in [1.165, 1.54) is 25.3 Å². The van der Waals surface area contributed by atoms with Crippen LogP contribution in [0.15, 0.2) is 23.4 Å². The lowest BCUT2D eigenvalue weighted by molar-refractivity contribution is -0.384. The van der Waals surface area contributed by atoms with Crippen LogP contribution in [-0.2, 0) is 0 Å². The van der Waals surface area contributed by atoms with Crippen molar-refractivity contribution in [2.24, 2.45) is 16.8 Å². The maximum atomic E-state index is 11.3. The second-order valence-corrected chi connectivity index (χ2v) is 5.28. The van der Waals surface area contributed by atoms with Gasteiger partial charge in [-0.25, -0.2) is 0 Å². The maximum Gasteiger partial charge on any atom is 0.293 e. The number of rotatable bonds is 6. The first kappa shape index (κ1) is 15.1. The second-order valence-electron chi connectivity index (χ2n) is 5.28. The highest BCUT2D eigenvalue weighted by Gasteiger charge is 2.25. The van der Waals surface area contributed by atoms with Crippen LogP contribution in [0.2, 0.25) is 0 Å². The number of nitrogens with two attached hydrogens (primary N) is 1. The molecule has 1 aliphatic rings. The van der Waals surface area contributed by atoms with Crippen LogP contribution in [0.3, 0.4) is 0 Å². The lowest BCUT2D eigenvalue weighted by Gasteiger charge is -2.32. The third-order valence-corrected chi connectivity index (χ3v) is 4.00. The molecule has 0 heterocycles. The lowest BCUT2D eigenvalue weighted by Crippen LogP contribution is -2.32. The van der Waals surface area contributed by atoms with Crippen molar-refractivity contribution in [1.29, 1.82) is 0 Å². The number of nitro benzene ring substituents is 1. The summed E-state index contributed by atoms with van der Waals surface area (Å²) in [7, 11) is 0. The first-order chi connectivity index (χ1) is 10.1. The number of hydrogen-bond acceptors (Lipinski definition) is 5. The molecule has 0 unspecified atom stereocenters. The quantitative estimate of drug-likeness (QED) is 0.275. The molecule has 0 spiro atoms. The molecule has 21 heavy (non-hydrogen) atoms. The van der Waals surface area contributed by atoms with E-state index in [1.807, 2.05) is 11.8 Å². The van der Waals surface area contributed by atoms with Crippen molar-refractivity contribution in [2.75, 3.05) is 18.0 Å². The van der Waals surface area contributed by atoms with Gasteiger partial charge in [0.25, 0.3) is 5.69 Å². The van der Waals surface area contributed by atoms with Gasteiger partial charge in [0.1, 0.15) is 5.69 Å². The fourth-order valence-electron chi connectivity index (χ4n) is 2.54. The molecule has 2 rings (SSSR count). The smallest absolute Gasteiger partial charge is 0.293 e. The molecule has 1 aliphatic carbocycles. The summed E-state index contributed by atoms with van der Waals surface area (Å²) < 4.78 is 0. The van der Waals surface area contributed by atoms with Gasteiger partial charge in [-0.2, -0.15) is 0 Å². The van der Waals surface area contributed by atoms with Gasteiger partial charge in [0.2, 0.25) is 0 Å². The van der Waals surface area contributed by atoms with Gasteiger partial charge in [0.05, 0.1) is 4.92 Å². The average molecular weight is 292 g/mol. The normalized spacial score (nSPS) is 15.6. The van der Waals surface area contributed by atoms with Crippen molar-refractivity contribution in [3.05, 3.63) is 33.9 Å². The van der Waals surface area contributed by atoms with E-state index in [2.05, 4.69) is 5.16 Å². The number of nitro groups is 1. The number of amidine groups is 1. The van der Waals surface area contributed by atoms with Crippen LogP contribution in [-0.4, -0.2) is 29.1 Å². The zero-order valence-electron chi connectivity index (χ0n) is 12.0. The van der Waals surface area contributed by atoms with Gasteiger partial charge < -0.3 is 15.8 Å². The molecule has 0 saturated heterocycles. The molecule has 1 aromatic rings. The fraction of sp³-hybridized carbons (Fsp3) is 0.500. The van der Waals surface area contributed by atoms with Crippen LogP contribution in [0.1, 0.15) is 31.7 Å². The van der Waals surface area contributed by atoms with E-state index >= 15 is 0 Å². The average Bonchev–Trinajstić information content (AvgIpc) is 2.45. The van der Waals surface area contributed by atoms with Crippen LogP contribution >= 0.6 is 0 Å². The number of anilines is 1. The van der Waals surface area contributed by atoms with E-state index < -0.39 is 4.92 Å². The molecular formula is C14H20N4O3. The molecule has 114 valence electrons. The minimum atomic E-state index is -0.424. The Morgan fingerprint density at radius 1 is 1.57 bits per heavy atom. The zero-order valence-corrected chi connectivity index (χ0v) is 12.0. The predicted molar refractivity (Wildman–Crippen MR) is 80.8 cm³/mol. The Hall–Kier alpha value is -2.31. The van der Waals surface area contributed by atoms with E-state index in [9.17, 15) is 10.1 Å². The van der Waals surface area contributed by atoms with E-state index in [0.717, 1.165) is 6.54 Å². The highest BCUT2D eigenvalue weighted by molar-refractivity contribution is 5.98. The SMILES string of the molecule is CCN(CC1CCC1)c1ccc(/C(N)=N/O)cc1[N+](=O)[O-]. The van der Waals surface area contributed by atoms with Gasteiger partial charge in [0.15, 0.2) is 5.84 Å². The second kappa shape index (κ2) is 6.43. The minimum Gasteiger partial charge on any atom is -0.409 e. The van der Waals surface area contributed by atoms with Crippen LogP contribution in [0.5, 0.6) is 0 Å². The fourth-order valence-corrected chi connectivity index (χ4v) is 2.54. The molecule has 7 nitrogen and oxygen atoms in total. The summed E-state index contributed by atoms with van der Waals surface area (Å²) in [5.41, 5.74) is 6.41. The Labute approximate surface area is 123 Å². The maximum absolute atomic E-state index is 11.3. The number of oxime groups is 1. The molecule has 0 aliphatic heterocycles. The van der Waals surface area contributed by atoms with Crippen molar-refractivity contribution in [2.45, 2.75) is 26.2 Å². The molecular weight excluding hydrogens is 272 g/mol. The third kappa shape index (κ3) is 3.24. The highest BCUT2D eigenvalue weighted by Crippen LogP contribution is 2.33. The Morgan fingerprint density at radius 2 is 2.29 bits per heavy atom. The molecule has 1 saturated carbocycles. The summed E-state index contributed by atoms with van der Waals surface area (Å²) >= 11 is 0.